The second-order valence-corrected chi connectivity index (χ2v) is 4.47. The Hall–Kier alpha value is -2.36. The molecule has 0 amide bonds. The van der Waals surface area contributed by atoms with Crippen LogP contribution in [0.1, 0.15) is 11.1 Å². The van der Waals surface area contributed by atoms with E-state index in [0.717, 1.165) is 24.0 Å². The van der Waals surface area contributed by atoms with Crippen molar-refractivity contribution in [3.05, 3.63) is 35.4 Å². The molecule has 1 aliphatic rings. The summed E-state index contributed by atoms with van der Waals surface area (Å²) in [5, 5.41) is 38.6. The zero-order valence-electron chi connectivity index (χ0n) is 9.51. The fraction of sp³-hybridized carbons (Fsp3) is 0.143. The summed E-state index contributed by atoms with van der Waals surface area (Å²) >= 11 is 0. The number of fused-ring (bicyclic) bond motifs is 3. The quantitative estimate of drug-likeness (QED) is 0.536. The highest BCUT2D eigenvalue weighted by atomic mass is 16.3. The van der Waals surface area contributed by atoms with Crippen LogP contribution >= 0.6 is 0 Å². The molecule has 3 rings (SSSR count). The van der Waals surface area contributed by atoms with E-state index >= 15 is 0 Å². The summed E-state index contributed by atoms with van der Waals surface area (Å²) in [5.74, 6) is -0.770. The molecule has 1 aliphatic carbocycles. The predicted octanol–water partition coefficient (Wildman–Crippen LogP) is 2.27. The van der Waals surface area contributed by atoms with Gasteiger partial charge >= 0.3 is 0 Å². The Bertz CT molecular complexity index is 647. The van der Waals surface area contributed by atoms with E-state index in [0.29, 0.717) is 11.1 Å². The Morgan fingerprint density at radius 2 is 1.39 bits per heavy atom. The molecule has 2 aromatic rings. The first kappa shape index (κ1) is 10.8. The number of aromatic hydroxyl groups is 4. The van der Waals surface area contributed by atoms with Gasteiger partial charge in [-0.2, -0.15) is 0 Å². The van der Waals surface area contributed by atoms with E-state index in [-0.39, 0.29) is 23.0 Å². The van der Waals surface area contributed by atoms with E-state index in [1.54, 1.807) is 6.07 Å². The first-order valence-corrected chi connectivity index (χ1v) is 5.67. The van der Waals surface area contributed by atoms with E-state index in [4.69, 9.17) is 0 Å². The highest BCUT2D eigenvalue weighted by molar-refractivity contribution is 5.82. The van der Waals surface area contributed by atoms with Gasteiger partial charge in [0.2, 0.25) is 0 Å². The van der Waals surface area contributed by atoms with Crippen LogP contribution in [-0.2, 0) is 12.8 Å². The third kappa shape index (κ3) is 1.39. The highest BCUT2D eigenvalue weighted by Crippen LogP contribution is 2.46. The molecule has 18 heavy (non-hydrogen) atoms. The minimum Gasteiger partial charge on any atom is -0.504 e. The zero-order chi connectivity index (χ0) is 12.9. The number of aryl methyl sites for hydroxylation is 2. The maximum atomic E-state index is 9.96. The van der Waals surface area contributed by atoms with E-state index in [9.17, 15) is 20.4 Å². The number of rotatable bonds is 0. The number of benzene rings is 2. The molecule has 0 radical (unpaired) electrons. The predicted molar refractivity (Wildman–Crippen MR) is 65.9 cm³/mol. The van der Waals surface area contributed by atoms with Crippen LogP contribution in [0.4, 0.5) is 0 Å². The standard InChI is InChI=1S/C14H12O4/c15-10-4-3-7-1-2-8-5-11(16)12(17)6-9(8)13(7)14(10)18/h3-6,15-18H,1-2H2. The van der Waals surface area contributed by atoms with E-state index in [2.05, 4.69) is 0 Å². The number of hydrogen-bond donors (Lipinski definition) is 4. The summed E-state index contributed by atoms with van der Waals surface area (Å²) in [6.45, 7) is 0. The first-order valence-electron chi connectivity index (χ1n) is 5.67. The Labute approximate surface area is 103 Å². The van der Waals surface area contributed by atoms with Crippen LogP contribution in [0.2, 0.25) is 0 Å². The largest absolute Gasteiger partial charge is 0.504 e. The van der Waals surface area contributed by atoms with E-state index in [1.807, 2.05) is 0 Å². The van der Waals surface area contributed by atoms with Crippen LogP contribution in [0.3, 0.4) is 0 Å². The molecule has 4 heteroatoms. The van der Waals surface area contributed by atoms with Crippen LogP contribution in [0, 0.1) is 0 Å². The molecular formula is C14H12O4. The molecule has 0 aliphatic heterocycles. The van der Waals surface area contributed by atoms with Crippen molar-refractivity contribution in [1.29, 1.82) is 0 Å². The molecule has 0 saturated heterocycles. The van der Waals surface area contributed by atoms with Crippen LogP contribution < -0.4 is 0 Å². The molecule has 0 spiro atoms. The lowest BCUT2D eigenvalue weighted by molar-refractivity contribution is 0.401. The molecule has 92 valence electrons. The van der Waals surface area contributed by atoms with Crippen molar-refractivity contribution >= 4 is 0 Å². The summed E-state index contributed by atoms with van der Waals surface area (Å²) in [6.07, 6.45) is 1.45. The third-order valence-corrected chi connectivity index (χ3v) is 3.38. The minimum atomic E-state index is -0.232. The lowest BCUT2D eigenvalue weighted by Gasteiger charge is -2.21. The molecule has 4 nitrogen and oxygen atoms in total. The van der Waals surface area contributed by atoms with Crippen molar-refractivity contribution in [3.63, 3.8) is 0 Å². The second-order valence-electron chi connectivity index (χ2n) is 4.47. The third-order valence-electron chi connectivity index (χ3n) is 3.38. The van der Waals surface area contributed by atoms with Gasteiger partial charge in [0.1, 0.15) is 0 Å². The molecule has 0 unspecified atom stereocenters. The van der Waals surface area contributed by atoms with Crippen LogP contribution in [0.15, 0.2) is 24.3 Å². The van der Waals surface area contributed by atoms with Gasteiger partial charge in [-0.25, -0.2) is 0 Å². The normalized spacial score (nSPS) is 12.9. The average molecular weight is 244 g/mol. The number of hydrogen-bond acceptors (Lipinski definition) is 4. The number of phenolic OH excluding ortho intramolecular Hbond substituents is 4. The average Bonchev–Trinajstić information content (AvgIpc) is 2.35. The molecular weight excluding hydrogens is 232 g/mol. The van der Waals surface area contributed by atoms with Gasteiger partial charge < -0.3 is 20.4 Å². The molecule has 0 atom stereocenters. The lowest BCUT2D eigenvalue weighted by atomic mass is 9.84. The Morgan fingerprint density at radius 1 is 0.722 bits per heavy atom. The van der Waals surface area contributed by atoms with Gasteiger partial charge in [0.25, 0.3) is 0 Å². The number of phenols is 4. The second kappa shape index (κ2) is 3.57. The molecule has 2 aromatic carbocycles. The van der Waals surface area contributed by atoms with E-state index in [1.165, 1.54) is 18.2 Å². The molecule has 0 fully saturated rings. The van der Waals surface area contributed by atoms with Gasteiger partial charge in [0, 0.05) is 5.56 Å². The molecule has 0 heterocycles. The van der Waals surface area contributed by atoms with Gasteiger partial charge in [-0.05, 0) is 47.7 Å². The maximum absolute atomic E-state index is 9.96. The highest BCUT2D eigenvalue weighted by Gasteiger charge is 2.22. The van der Waals surface area contributed by atoms with Crippen molar-refractivity contribution < 1.29 is 20.4 Å². The molecule has 0 bridgehead atoms. The lowest BCUT2D eigenvalue weighted by Crippen LogP contribution is -2.04. The fourth-order valence-electron chi connectivity index (χ4n) is 2.46. The summed E-state index contributed by atoms with van der Waals surface area (Å²) in [5.41, 5.74) is 2.95. The van der Waals surface area contributed by atoms with E-state index < -0.39 is 0 Å². The van der Waals surface area contributed by atoms with Crippen molar-refractivity contribution in [2.24, 2.45) is 0 Å². The Kier molecular flexibility index (Phi) is 2.13. The van der Waals surface area contributed by atoms with Gasteiger partial charge in [-0.1, -0.05) is 6.07 Å². The fourth-order valence-corrected chi connectivity index (χ4v) is 2.46. The zero-order valence-corrected chi connectivity index (χ0v) is 9.51. The van der Waals surface area contributed by atoms with Crippen molar-refractivity contribution in [1.82, 2.24) is 0 Å². The summed E-state index contributed by atoms with van der Waals surface area (Å²) < 4.78 is 0. The Balaban J connectivity index is 2.34. The summed E-state index contributed by atoms with van der Waals surface area (Å²) in [7, 11) is 0. The Morgan fingerprint density at radius 3 is 2.17 bits per heavy atom. The van der Waals surface area contributed by atoms with Crippen molar-refractivity contribution in [2.75, 3.05) is 0 Å². The maximum Gasteiger partial charge on any atom is 0.165 e. The molecule has 0 aromatic heterocycles. The van der Waals surface area contributed by atoms with Gasteiger partial charge in [-0.3, -0.25) is 0 Å². The van der Waals surface area contributed by atoms with Gasteiger partial charge in [-0.15, -0.1) is 0 Å². The topological polar surface area (TPSA) is 80.9 Å². The first-order chi connectivity index (χ1) is 8.58. The smallest absolute Gasteiger partial charge is 0.165 e. The van der Waals surface area contributed by atoms with Crippen LogP contribution in [0.5, 0.6) is 23.0 Å². The van der Waals surface area contributed by atoms with Crippen molar-refractivity contribution in [3.8, 4) is 34.1 Å². The SMILES string of the molecule is Oc1cc2c(cc1O)-c1c(ccc(O)c1O)CC2. The van der Waals surface area contributed by atoms with Crippen LogP contribution in [0.25, 0.3) is 11.1 Å². The van der Waals surface area contributed by atoms with Crippen LogP contribution in [-0.4, -0.2) is 20.4 Å². The molecule has 4 N–H and O–H groups in total. The monoisotopic (exact) mass is 244 g/mol. The van der Waals surface area contributed by atoms with Gasteiger partial charge in [0.05, 0.1) is 0 Å². The van der Waals surface area contributed by atoms with Crippen molar-refractivity contribution in [2.45, 2.75) is 12.8 Å². The summed E-state index contributed by atoms with van der Waals surface area (Å²) in [6, 6.07) is 6.13. The molecule has 0 saturated carbocycles. The summed E-state index contributed by atoms with van der Waals surface area (Å²) in [4.78, 5) is 0. The van der Waals surface area contributed by atoms with Gasteiger partial charge in [0.15, 0.2) is 23.0 Å². The minimum absolute atomic E-state index is 0.170.